The van der Waals surface area contributed by atoms with E-state index in [1.54, 1.807) is 31.4 Å². The van der Waals surface area contributed by atoms with Gasteiger partial charge in [0.1, 0.15) is 17.3 Å². The third-order valence-corrected chi connectivity index (χ3v) is 3.38. The predicted molar refractivity (Wildman–Crippen MR) is 84.2 cm³/mol. The van der Waals surface area contributed by atoms with Crippen LogP contribution in [0.2, 0.25) is 0 Å². The average Bonchev–Trinajstić information content (AvgIpc) is 2.84. The standard InChI is InChI=1S/C14H13IN2O3/c1-9-3-5-11(20-9)8-16-17-14(18)10-4-6-13(19-2)12(15)7-10/h3-8H,1-2H3,(H,17,18)/b16-8+. The number of rotatable bonds is 4. The zero-order valence-corrected chi connectivity index (χ0v) is 13.2. The number of amides is 1. The lowest BCUT2D eigenvalue weighted by molar-refractivity contribution is 0.0955. The molecule has 0 atom stereocenters. The highest BCUT2D eigenvalue weighted by atomic mass is 127. The lowest BCUT2D eigenvalue weighted by atomic mass is 10.2. The molecule has 0 aliphatic rings. The smallest absolute Gasteiger partial charge is 0.271 e. The summed E-state index contributed by atoms with van der Waals surface area (Å²) in [4.78, 5) is 11.9. The first-order valence-corrected chi connectivity index (χ1v) is 6.91. The molecule has 1 heterocycles. The molecule has 0 fully saturated rings. The molecule has 0 unspecified atom stereocenters. The maximum Gasteiger partial charge on any atom is 0.271 e. The van der Waals surface area contributed by atoms with Crippen LogP contribution in [0.1, 0.15) is 21.9 Å². The van der Waals surface area contributed by atoms with E-state index in [-0.39, 0.29) is 5.91 Å². The van der Waals surface area contributed by atoms with E-state index in [0.717, 1.165) is 15.1 Å². The van der Waals surface area contributed by atoms with Crippen molar-refractivity contribution in [3.8, 4) is 5.75 Å². The number of hydrogen-bond acceptors (Lipinski definition) is 4. The van der Waals surface area contributed by atoms with Crippen molar-refractivity contribution in [2.45, 2.75) is 6.92 Å². The van der Waals surface area contributed by atoms with Gasteiger partial charge in [-0.25, -0.2) is 5.43 Å². The molecule has 104 valence electrons. The number of methoxy groups -OCH3 is 1. The molecule has 0 saturated heterocycles. The molecule has 1 aromatic carbocycles. The Morgan fingerprint density at radius 3 is 2.80 bits per heavy atom. The lowest BCUT2D eigenvalue weighted by Gasteiger charge is -2.05. The number of hydrogen-bond donors (Lipinski definition) is 1. The second kappa shape index (κ2) is 6.56. The molecular formula is C14H13IN2O3. The third-order valence-electron chi connectivity index (χ3n) is 2.53. The third kappa shape index (κ3) is 3.60. The zero-order valence-electron chi connectivity index (χ0n) is 11.0. The molecule has 1 aromatic heterocycles. The largest absolute Gasteiger partial charge is 0.496 e. The van der Waals surface area contributed by atoms with E-state index in [9.17, 15) is 4.79 Å². The quantitative estimate of drug-likeness (QED) is 0.501. The van der Waals surface area contributed by atoms with Crippen LogP contribution in [0.4, 0.5) is 0 Å². The summed E-state index contributed by atoms with van der Waals surface area (Å²) in [7, 11) is 1.59. The van der Waals surface area contributed by atoms with Crippen LogP contribution in [0.5, 0.6) is 5.75 Å². The highest BCUT2D eigenvalue weighted by molar-refractivity contribution is 14.1. The lowest BCUT2D eigenvalue weighted by Crippen LogP contribution is -2.17. The normalized spacial score (nSPS) is 10.8. The molecule has 5 nitrogen and oxygen atoms in total. The topological polar surface area (TPSA) is 63.8 Å². The second-order valence-corrected chi connectivity index (χ2v) is 5.16. The number of benzene rings is 1. The van der Waals surface area contributed by atoms with Crippen LogP contribution in [-0.4, -0.2) is 19.2 Å². The number of nitrogens with zero attached hydrogens (tertiary/aromatic N) is 1. The van der Waals surface area contributed by atoms with Gasteiger partial charge in [0.05, 0.1) is 16.9 Å². The summed E-state index contributed by atoms with van der Waals surface area (Å²) < 4.78 is 11.3. The minimum absolute atomic E-state index is 0.287. The Bertz CT molecular complexity index is 650. The number of carbonyl (C=O) groups excluding carboxylic acids is 1. The summed E-state index contributed by atoms with van der Waals surface area (Å²) in [5, 5.41) is 3.85. The van der Waals surface area contributed by atoms with Gasteiger partial charge in [0, 0.05) is 5.56 Å². The van der Waals surface area contributed by atoms with Crippen LogP contribution in [0.25, 0.3) is 0 Å². The van der Waals surface area contributed by atoms with Crippen LogP contribution >= 0.6 is 22.6 Å². The molecule has 0 radical (unpaired) electrons. The minimum Gasteiger partial charge on any atom is -0.496 e. The molecule has 0 spiro atoms. The summed E-state index contributed by atoms with van der Waals surface area (Å²) in [6.45, 7) is 1.84. The van der Waals surface area contributed by atoms with Gasteiger partial charge in [0.2, 0.25) is 0 Å². The van der Waals surface area contributed by atoms with Gasteiger partial charge in [-0.15, -0.1) is 0 Å². The molecule has 0 bridgehead atoms. The Morgan fingerprint density at radius 1 is 1.40 bits per heavy atom. The maximum atomic E-state index is 11.9. The Kier molecular flexibility index (Phi) is 4.78. The number of halogens is 1. The number of hydrazone groups is 1. The molecule has 0 aliphatic heterocycles. The first-order valence-electron chi connectivity index (χ1n) is 5.83. The number of ether oxygens (including phenoxy) is 1. The molecule has 20 heavy (non-hydrogen) atoms. The van der Waals surface area contributed by atoms with Crippen molar-refractivity contribution >= 4 is 34.7 Å². The van der Waals surface area contributed by atoms with Crippen molar-refractivity contribution in [2.75, 3.05) is 7.11 Å². The molecular weight excluding hydrogens is 371 g/mol. The average molecular weight is 384 g/mol. The van der Waals surface area contributed by atoms with Crippen LogP contribution in [0, 0.1) is 10.5 Å². The first-order chi connectivity index (χ1) is 9.60. The van der Waals surface area contributed by atoms with E-state index in [1.807, 2.05) is 13.0 Å². The van der Waals surface area contributed by atoms with Gasteiger partial charge in [-0.1, -0.05) is 0 Å². The van der Waals surface area contributed by atoms with Crippen molar-refractivity contribution in [3.63, 3.8) is 0 Å². The fourth-order valence-electron chi connectivity index (χ4n) is 1.55. The number of aryl methyl sites for hydroxylation is 1. The van der Waals surface area contributed by atoms with Gasteiger partial charge in [-0.2, -0.15) is 5.10 Å². The van der Waals surface area contributed by atoms with E-state index in [2.05, 4.69) is 33.1 Å². The SMILES string of the molecule is COc1ccc(C(=O)N/N=C/c2ccc(C)o2)cc1I. The Labute approximate surface area is 130 Å². The molecule has 1 N–H and O–H groups in total. The predicted octanol–water partition coefficient (Wildman–Crippen LogP) is 2.97. The van der Waals surface area contributed by atoms with Crippen LogP contribution in [-0.2, 0) is 0 Å². The molecule has 0 saturated carbocycles. The highest BCUT2D eigenvalue weighted by Gasteiger charge is 2.07. The molecule has 2 aromatic rings. The van der Waals surface area contributed by atoms with Crippen LogP contribution in [0.15, 0.2) is 39.9 Å². The van der Waals surface area contributed by atoms with E-state index < -0.39 is 0 Å². The van der Waals surface area contributed by atoms with E-state index in [1.165, 1.54) is 6.21 Å². The van der Waals surface area contributed by atoms with Crippen LogP contribution in [0.3, 0.4) is 0 Å². The van der Waals surface area contributed by atoms with E-state index >= 15 is 0 Å². The summed E-state index contributed by atoms with van der Waals surface area (Å²) in [5.74, 6) is 1.83. The van der Waals surface area contributed by atoms with Gasteiger partial charge in [-0.05, 0) is 59.8 Å². The minimum atomic E-state index is -0.287. The summed E-state index contributed by atoms with van der Waals surface area (Å²) in [6.07, 6.45) is 1.46. The van der Waals surface area contributed by atoms with Gasteiger partial charge < -0.3 is 9.15 Å². The Balaban J connectivity index is 2.01. The fourth-order valence-corrected chi connectivity index (χ4v) is 2.28. The van der Waals surface area contributed by atoms with Crippen LogP contribution < -0.4 is 10.2 Å². The zero-order chi connectivity index (χ0) is 14.5. The maximum absolute atomic E-state index is 11.9. The highest BCUT2D eigenvalue weighted by Crippen LogP contribution is 2.21. The summed E-state index contributed by atoms with van der Waals surface area (Å²) in [5.41, 5.74) is 2.96. The second-order valence-electron chi connectivity index (χ2n) is 4.00. The van der Waals surface area contributed by atoms with Gasteiger partial charge in [0.15, 0.2) is 0 Å². The van der Waals surface area contributed by atoms with Gasteiger partial charge in [-0.3, -0.25) is 4.79 Å². The van der Waals surface area contributed by atoms with E-state index in [4.69, 9.17) is 9.15 Å². The number of nitrogens with one attached hydrogen (secondary N) is 1. The Morgan fingerprint density at radius 2 is 2.20 bits per heavy atom. The van der Waals surface area contributed by atoms with E-state index in [0.29, 0.717) is 11.3 Å². The van der Waals surface area contributed by atoms with Crippen molar-refractivity contribution in [1.29, 1.82) is 0 Å². The van der Waals surface area contributed by atoms with Gasteiger partial charge in [0.25, 0.3) is 5.91 Å². The molecule has 6 heteroatoms. The van der Waals surface area contributed by atoms with Crippen molar-refractivity contribution in [2.24, 2.45) is 5.10 Å². The molecule has 2 rings (SSSR count). The first kappa shape index (κ1) is 14.6. The molecule has 0 aliphatic carbocycles. The fraction of sp³-hybridized carbons (Fsp3) is 0.143. The summed E-state index contributed by atoms with van der Waals surface area (Å²) in [6, 6.07) is 8.77. The number of furan rings is 1. The van der Waals surface area contributed by atoms with Crippen molar-refractivity contribution in [3.05, 3.63) is 51.0 Å². The van der Waals surface area contributed by atoms with Crippen molar-refractivity contribution < 1.29 is 13.9 Å². The van der Waals surface area contributed by atoms with Crippen molar-refractivity contribution in [1.82, 2.24) is 5.43 Å². The Hall–Kier alpha value is -1.83. The number of carbonyl (C=O) groups is 1. The van der Waals surface area contributed by atoms with Gasteiger partial charge >= 0.3 is 0 Å². The summed E-state index contributed by atoms with van der Waals surface area (Å²) >= 11 is 2.11. The monoisotopic (exact) mass is 384 g/mol. The molecule has 1 amide bonds.